The van der Waals surface area contributed by atoms with Gasteiger partial charge in [0.2, 0.25) is 0 Å². The number of hydrogen-bond donors (Lipinski definition) is 0. The van der Waals surface area contributed by atoms with Crippen LogP contribution in [0.1, 0.15) is 55.2 Å². The van der Waals surface area contributed by atoms with E-state index < -0.39 is 0 Å². The Kier molecular flexibility index (Phi) is 4.47. The molecule has 0 saturated heterocycles. The van der Waals surface area contributed by atoms with Gasteiger partial charge in [0.05, 0.1) is 30.5 Å². The highest BCUT2D eigenvalue weighted by Gasteiger charge is 2.38. The Morgan fingerprint density at radius 1 is 0.967 bits per heavy atom. The van der Waals surface area contributed by atoms with Crippen molar-refractivity contribution in [3.8, 4) is 0 Å². The van der Waals surface area contributed by atoms with Gasteiger partial charge in [0.1, 0.15) is 5.76 Å². The molecule has 1 aliphatic heterocycles. The van der Waals surface area contributed by atoms with Crippen LogP contribution in [0.4, 0.5) is 0 Å². The van der Waals surface area contributed by atoms with Crippen molar-refractivity contribution >= 4 is 17.7 Å². The van der Waals surface area contributed by atoms with Crippen LogP contribution in [0.3, 0.4) is 0 Å². The van der Waals surface area contributed by atoms with Gasteiger partial charge < -0.3 is 9.32 Å². The van der Waals surface area contributed by atoms with Gasteiger partial charge in [-0.25, -0.2) is 0 Å². The van der Waals surface area contributed by atoms with Crippen LogP contribution in [0.15, 0.2) is 71.3 Å². The average Bonchev–Trinajstić information content (AvgIpc) is 3.44. The lowest BCUT2D eigenvalue weighted by Gasteiger charge is -2.21. The molecule has 0 radical (unpaired) electrons. The Bertz CT molecular complexity index is 1120. The molecule has 2 aliphatic rings. The first-order chi connectivity index (χ1) is 14.6. The van der Waals surface area contributed by atoms with E-state index in [1.807, 2.05) is 36.4 Å². The number of carbonyl (C=O) groups excluding carboxylic acids is 3. The van der Waals surface area contributed by atoms with Crippen LogP contribution in [0.5, 0.6) is 0 Å². The lowest BCUT2D eigenvalue weighted by molar-refractivity contribution is 0.0641. The van der Waals surface area contributed by atoms with Crippen molar-refractivity contribution in [1.29, 1.82) is 0 Å². The topological polar surface area (TPSA) is 70.8 Å². The minimum absolute atomic E-state index is 0.154. The van der Waals surface area contributed by atoms with Gasteiger partial charge in [0.15, 0.2) is 0 Å². The number of amides is 3. The van der Waals surface area contributed by atoms with Crippen molar-refractivity contribution in [1.82, 2.24) is 9.80 Å². The molecule has 0 bridgehead atoms. The summed E-state index contributed by atoms with van der Waals surface area (Å²) in [6.07, 6.45) is 3.51. The molecule has 1 aromatic heterocycles. The zero-order chi connectivity index (χ0) is 20.7. The third kappa shape index (κ3) is 3.30. The molecule has 0 N–H and O–H groups in total. The predicted octanol–water partition coefficient (Wildman–Crippen LogP) is 3.88. The Labute approximate surface area is 173 Å². The Morgan fingerprint density at radius 3 is 2.43 bits per heavy atom. The number of imide groups is 1. The fourth-order valence-electron chi connectivity index (χ4n) is 3.82. The number of carbonyl (C=O) groups is 3. The molecule has 1 fully saturated rings. The average molecular weight is 400 g/mol. The molecular formula is C24H20N2O4. The van der Waals surface area contributed by atoms with Gasteiger partial charge in [-0.1, -0.05) is 30.3 Å². The molecule has 30 heavy (non-hydrogen) atoms. The summed E-state index contributed by atoms with van der Waals surface area (Å²) < 4.78 is 5.40. The van der Waals surface area contributed by atoms with E-state index >= 15 is 0 Å². The largest absolute Gasteiger partial charge is 0.467 e. The van der Waals surface area contributed by atoms with Crippen LogP contribution in [0, 0.1) is 0 Å². The van der Waals surface area contributed by atoms with Crippen LogP contribution in [-0.4, -0.2) is 33.6 Å². The maximum Gasteiger partial charge on any atom is 0.261 e. The lowest BCUT2D eigenvalue weighted by atomic mass is 10.0. The molecular weight excluding hydrogens is 380 g/mol. The second-order valence-electron chi connectivity index (χ2n) is 7.69. The summed E-state index contributed by atoms with van der Waals surface area (Å²) >= 11 is 0. The van der Waals surface area contributed by atoms with E-state index in [0.29, 0.717) is 17.7 Å². The number of furan rings is 1. The van der Waals surface area contributed by atoms with E-state index in [9.17, 15) is 14.4 Å². The first kappa shape index (κ1) is 18.4. The number of benzene rings is 2. The molecule has 150 valence electrons. The van der Waals surface area contributed by atoms with Crippen molar-refractivity contribution in [3.05, 3.63) is 94.9 Å². The number of hydrogen-bond acceptors (Lipinski definition) is 4. The standard InChI is InChI=1S/C24H20N2O4/c27-22(25(18-9-10-18)15-19-7-4-12-30-19)17-8-11-20-21(13-17)24(29)26(23(20)28)14-16-5-2-1-3-6-16/h1-8,11-13,18H,9-10,14-15H2. The highest BCUT2D eigenvalue weighted by atomic mass is 16.3. The number of nitrogens with zero attached hydrogens (tertiary/aromatic N) is 2. The van der Waals surface area contributed by atoms with E-state index in [4.69, 9.17) is 4.42 Å². The van der Waals surface area contributed by atoms with E-state index in [1.54, 1.807) is 35.4 Å². The molecule has 3 amide bonds. The van der Waals surface area contributed by atoms with Crippen LogP contribution >= 0.6 is 0 Å². The Morgan fingerprint density at radius 2 is 1.73 bits per heavy atom. The van der Waals surface area contributed by atoms with Crippen LogP contribution in [0.2, 0.25) is 0 Å². The molecule has 6 heteroatoms. The smallest absolute Gasteiger partial charge is 0.261 e. The quantitative estimate of drug-likeness (QED) is 0.589. The van der Waals surface area contributed by atoms with Gasteiger partial charge in [-0.3, -0.25) is 19.3 Å². The highest BCUT2D eigenvalue weighted by molar-refractivity contribution is 6.22. The van der Waals surface area contributed by atoms with Crippen LogP contribution < -0.4 is 0 Å². The Hall–Kier alpha value is -3.67. The monoisotopic (exact) mass is 400 g/mol. The second kappa shape index (κ2) is 7.30. The first-order valence-electron chi connectivity index (χ1n) is 9.99. The van der Waals surface area contributed by atoms with E-state index in [0.717, 1.165) is 24.2 Å². The summed E-state index contributed by atoms with van der Waals surface area (Å²) in [5.74, 6) is -0.125. The third-order valence-electron chi connectivity index (χ3n) is 5.56. The van der Waals surface area contributed by atoms with Crippen LogP contribution in [0.25, 0.3) is 0 Å². The molecule has 0 spiro atoms. The van der Waals surface area contributed by atoms with E-state index in [-0.39, 0.29) is 35.9 Å². The van der Waals surface area contributed by atoms with Crippen molar-refractivity contribution in [3.63, 3.8) is 0 Å². The van der Waals surface area contributed by atoms with Gasteiger partial charge in [0, 0.05) is 11.6 Å². The van der Waals surface area contributed by atoms with Crippen molar-refractivity contribution in [2.75, 3.05) is 0 Å². The molecule has 0 unspecified atom stereocenters. The zero-order valence-electron chi connectivity index (χ0n) is 16.3. The molecule has 1 saturated carbocycles. The lowest BCUT2D eigenvalue weighted by Crippen LogP contribution is -2.32. The molecule has 0 atom stereocenters. The molecule has 2 heterocycles. The van der Waals surface area contributed by atoms with Gasteiger partial charge in [-0.05, 0) is 48.7 Å². The SMILES string of the molecule is O=C1c2ccc(C(=O)N(Cc3ccco3)C3CC3)cc2C(=O)N1Cc1ccccc1. The van der Waals surface area contributed by atoms with E-state index in [2.05, 4.69) is 0 Å². The summed E-state index contributed by atoms with van der Waals surface area (Å²) in [6.45, 7) is 0.601. The van der Waals surface area contributed by atoms with Gasteiger partial charge in [0.25, 0.3) is 17.7 Å². The normalized spacial score (nSPS) is 15.4. The number of rotatable bonds is 6. The second-order valence-corrected chi connectivity index (χ2v) is 7.69. The summed E-state index contributed by atoms with van der Waals surface area (Å²) in [6, 6.07) is 18.0. The Balaban J connectivity index is 1.40. The fraction of sp³-hybridized carbons (Fsp3) is 0.208. The zero-order valence-corrected chi connectivity index (χ0v) is 16.3. The number of fused-ring (bicyclic) bond motifs is 1. The summed E-state index contributed by atoms with van der Waals surface area (Å²) in [4.78, 5) is 41.9. The van der Waals surface area contributed by atoms with Crippen molar-refractivity contribution in [2.24, 2.45) is 0 Å². The van der Waals surface area contributed by atoms with Gasteiger partial charge >= 0.3 is 0 Å². The summed E-state index contributed by atoms with van der Waals surface area (Å²) in [5, 5.41) is 0. The maximum absolute atomic E-state index is 13.2. The molecule has 2 aromatic carbocycles. The van der Waals surface area contributed by atoms with Crippen LogP contribution in [-0.2, 0) is 13.1 Å². The summed E-state index contributed by atoms with van der Waals surface area (Å²) in [5.41, 5.74) is 1.92. The van der Waals surface area contributed by atoms with Gasteiger partial charge in [-0.15, -0.1) is 0 Å². The molecule has 1 aliphatic carbocycles. The maximum atomic E-state index is 13.2. The summed E-state index contributed by atoms with van der Waals surface area (Å²) in [7, 11) is 0. The minimum atomic E-state index is -0.363. The van der Waals surface area contributed by atoms with E-state index in [1.165, 1.54) is 4.90 Å². The third-order valence-corrected chi connectivity index (χ3v) is 5.56. The highest BCUT2D eigenvalue weighted by Crippen LogP contribution is 2.31. The molecule has 3 aromatic rings. The van der Waals surface area contributed by atoms with Crippen molar-refractivity contribution in [2.45, 2.75) is 32.0 Å². The molecule has 5 rings (SSSR count). The minimum Gasteiger partial charge on any atom is -0.467 e. The fourth-order valence-corrected chi connectivity index (χ4v) is 3.82. The van der Waals surface area contributed by atoms with Gasteiger partial charge in [-0.2, -0.15) is 0 Å². The molecule has 6 nitrogen and oxygen atoms in total. The predicted molar refractivity (Wildman–Crippen MR) is 109 cm³/mol. The first-order valence-corrected chi connectivity index (χ1v) is 9.99. The van der Waals surface area contributed by atoms with Crippen molar-refractivity contribution < 1.29 is 18.8 Å².